The summed E-state index contributed by atoms with van der Waals surface area (Å²) in [6.45, 7) is 0. The summed E-state index contributed by atoms with van der Waals surface area (Å²) < 4.78 is 0. The van der Waals surface area contributed by atoms with Gasteiger partial charge in [-0.3, -0.25) is 14.5 Å². The van der Waals surface area contributed by atoms with E-state index >= 15 is 0 Å². The minimum atomic E-state index is -0.232. The summed E-state index contributed by atoms with van der Waals surface area (Å²) in [5, 5.41) is 2.69. The molecule has 2 aliphatic rings. The maximum absolute atomic E-state index is 12.5. The first-order valence-corrected chi connectivity index (χ1v) is 10.3. The molecule has 1 heterocycles. The van der Waals surface area contributed by atoms with E-state index in [2.05, 4.69) is 23.5 Å². The number of thioether (sulfide) groups is 1. The second kappa shape index (κ2) is 7.33. The molecule has 0 radical (unpaired) electrons. The molecule has 134 valence electrons. The van der Waals surface area contributed by atoms with Gasteiger partial charge in [0.25, 0.3) is 0 Å². The predicted octanol–water partition coefficient (Wildman–Crippen LogP) is 4.13. The van der Waals surface area contributed by atoms with Gasteiger partial charge in [0.05, 0.1) is 5.75 Å². The van der Waals surface area contributed by atoms with Crippen LogP contribution >= 0.6 is 23.4 Å². The fourth-order valence-corrected chi connectivity index (χ4v) is 4.83. The van der Waals surface area contributed by atoms with E-state index in [1.165, 1.54) is 17.5 Å². The Morgan fingerprint density at radius 1 is 1.15 bits per heavy atom. The first kappa shape index (κ1) is 17.4. The van der Waals surface area contributed by atoms with E-state index in [1.807, 2.05) is 29.2 Å². The largest absolute Gasteiger partial charge is 0.325 e. The summed E-state index contributed by atoms with van der Waals surface area (Å²) in [7, 11) is 0. The van der Waals surface area contributed by atoms with E-state index in [0.717, 1.165) is 24.1 Å². The van der Waals surface area contributed by atoms with Crippen LogP contribution in [0.15, 0.2) is 42.5 Å². The number of hydrogen-bond donors (Lipinski definition) is 1. The third kappa shape index (κ3) is 3.33. The molecule has 0 saturated carbocycles. The highest BCUT2D eigenvalue weighted by atomic mass is 35.5. The van der Waals surface area contributed by atoms with Crippen LogP contribution in [0.1, 0.15) is 28.5 Å². The van der Waals surface area contributed by atoms with Crippen molar-refractivity contribution in [3.63, 3.8) is 0 Å². The fraction of sp³-hybridized carbons (Fsp3) is 0.300. The van der Waals surface area contributed by atoms with E-state index < -0.39 is 0 Å². The number of rotatable bonds is 4. The van der Waals surface area contributed by atoms with Gasteiger partial charge >= 0.3 is 0 Å². The number of carbonyl (C=O) groups is 2. The van der Waals surface area contributed by atoms with Crippen molar-refractivity contribution >= 4 is 46.6 Å². The molecule has 4 nitrogen and oxygen atoms in total. The van der Waals surface area contributed by atoms with Gasteiger partial charge in [0.2, 0.25) is 11.8 Å². The van der Waals surface area contributed by atoms with E-state index in [4.69, 9.17) is 11.6 Å². The Morgan fingerprint density at radius 2 is 1.92 bits per heavy atom. The Labute approximate surface area is 161 Å². The van der Waals surface area contributed by atoms with Gasteiger partial charge in [-0.25, -0.2) is 0 Å². The monoisotopic (exact) mass is 386 g/mol. The zero-order valence-corrected chi connectivity index (χ0v) is 15.8. The Hall–Kier alpha value is -1.98. The zero-order chi connectivity index (χ0) is 18.1. The predicted molar refractivity (Wildman–Crippen MR) is 107 cm³/mol. The second-order valence-electron chi connectivity index (χ2n) is 6.54. The molecular formula is C20H19ClN2O2S. The normalized spacial score (nSPS) is 18.9. The molecule has 1 aliphatic carbocycles. The van der Waals surface area contributed by atoms with Crippen molar-refractivity contribution in [1.82, 2.24) is 0 Å². The van der Waals surface area contributed by atoms with Gasteiger partial charge in [0.1, 0.15) is 11.3 Å². The molecule has 0 bridgehead atoms. The van der Waals surface area contributed by atoms with E-state index in [9.17, 15) is 9.59 Å². The minimum Gasteiger partial charge on any atom is -0.325 e. The Morgan fingerprint density at radius 3 is 2.69 bits per heavy atom. The lowest BCUT2D eigenvalue weighted by Gasteiger charge is -2.25. The van der Waals surface area contributed by atoms with Crippen molar-refractivity contribution in [3.8, 4) is 0 Å². The molecule has 2 aromatic carbocycles. The average Bonchev–Trinajstić information content (AvgIpc) is 3.28. The molecular weight excluding hydrogens is 368 g/mol. The van der Waals surface area contributed by atoms with Gasteiger partial charge in [0, 0.05) is 11.4 Å². The van der Waals surface area contributed by atoms with Crippen LogP contribution in [0, 0.1) is 0 Å². The summed E-state index contributed by atoms with van der Waals surface area (Å²) in [4.78, 5) is 25.8. The number of amides is 2. The molecule has 1 atom stereocenters. The molecule has 4 rings (SSSR count). The molecule has 0 unspecified atom stereocenters. The lowest BCUT2D eigenvalue weighted by Crippen LogP contribution is -2.27. The number of aryl methyl sites for hydroxylation is 2. The standard InChI is InChI=1S/C20H19ClN2O2S/c21-11-18(24)22-16-7-4-14(5-8-16)20-23(19(25)12-26-20)17-9-6-13-2-1-3-15(13)10-17/h4-10,20H,1-3,11-12H2,(H,22,24)/t20-/m0/s1. The molecule has 6 heteroatoms. The Kier molecular flexibility index (Phi) is 4.92. The quantitative estimate of drug-likeness (QED) is 0.804. The van der Waals surface area contributed by atoms with Crippen molar-refractivity contribution in [2.75, 3.05) is 21.8 Å². The van der Waals surface area contributed by atoms with E-state index in [1.54, 1.807) is 11.8 Å². The van der Waals surface area contributed by atoms with Crippen LogP contribution in [0.4, 0.5) is 11.4 Å². The molecule has 26 heavy (non-hydrogen) atoms. The van der Waals surface area contributed by atoms with Gasteiger partial charge in [-0.15, -0.1) is 23.4 Å². The van der Waals surface area contributed by atoms with Crippen LogP contribution < -0.4 is 10.2 Å². The summed E-state index contributed by atoms with van der Waals surface area (Å²) in [5.41, 5.74) is 5.50. The van der Waals surface area contributed by atoms with Crippen molar-refractivity contribution in [1.29, 1.82) is 0 Å². The van der Waals surface area contributed by atoms with Crippen LogP contribution in [-0.2, 0) is 22.4 Å². The van der Waals surface area contributed by atoms with E-state index in [-0.39, 0.29) is 23.1 Å². The van der Waals surface area contributed by atoms with Crippen molar-refractivity contribution < 1.29 is 9.59 Å². The number of benzene rings is 2. The first-order chi connectivity index (χ1) is 12.7. The number of alkyl halides is 1. The minimum absolute atomic E-state index is 0.0419. The number of carbonyl (C=O) groups excluding carboxylic acids is 2. The van der Waals surface area contributed by atoms with Gasteiger partial charge in [-0.1, -0.05) is 18.2 Å². The maximum Gasteiger partial charge on any atom is 0.239 e. The lowest BCUT2D eigenvalue weighted by atomic mass is 10.1. The summed E-state index contributed by atoms with van der Waals surface area (Å²) in [6, 6.07) is 14.0. The first-order valence-electron chi connectivity index (χ1n) is 8.67. The van der Waals surface area contributed by atoms with Crippen LogP contribution in [0.2, 0.25) is 0 Å². The van der Waals surface area contributed by atoms with Gasteiger partial charge in [-0.05, 0) is 60.2 Å². The highest BCUT2D eigenvalue weighted by Gasteiger charge is 2.34. The van der Waals surface area contributed by atoms with Crippen molar-refractivity contribution in [2.24, 2.45) is 0 Å². The number of anilines is 2. The Balaban J connectivity index is 1.59. The molecule has 1 N–H and O–H groups in total. The topological polar surface area (TPSA) is 49.4 Å². The molecule has 2 aromatic rings. The lowest BCUT2D eigenvalue weighted by molar-refractivity contribution is -0.116. The molecule has 1 saturated heterocycles. The highest BCUT2D eigenvalue weighted by molar-refractivity contribution is 8.00. The number of hydrogen-bond acceptors (Lipinski definition) is 3. The van der Waals surface area contributed by atoms with Gasteiger partial charge in [-0.2, -0.15) is 0 Å². The number of halogens is 1. The molecule has 2 amide bonds. The third-order valence-electron chi connectivity index (χ3n) is 4.83. The SMILES string of the molecule is O=C(CCl)Nc1ccc([C@@H]2SCC(=O)N2c2ccc3c(c2)CCC3)cc1. The smallest absolute Gasteiger partial charge is 0.239 e. The molecule has 1 fully saturated rings. The molecule has 0 aromatic heterocycles. The number of nitrogens with zero attached hydrogens (tertiary/aromatic N) is 1. The maximum atomic E-state index is 12.5. The van der Waals surface area contributed by atoms with Crippen LogP contribution in [0.5, 0.6) is 0 Å². The highest BCUT2D eigenvalue weighted by Crippen LogP contribution is 2.42. The zero-order valence-electron chi connectivity index (χ0n) is 14.2. The Bertz CT molecular complexity index is 853. The van der Waals surface area contributed by atoms with Crippen LogP contribution in [0.3, 0.4) is 0 Å². The number of fused-ring (bicyclic) bond motifs is 1. The van der Waals surface area contributed by atoms with Crippen molar-refractivity contribution in [3.05, 3.63) is 59.2 Å². The van der Waals surface area contributed by atoms with E-state index in [0.29, 0.717) is 11.4 Å². The van der Waals surface area contributed by atoms with Gasteiger partial charge in [0.15, 0.2) is 0 Å². The second-order valence-corrected chi connectivity index (χ2v) is 7.87. The van der Waals surface area contributed by atoms with Gasteiger partial charge < -0.3 is 5.32 Å². The summed E-state index contributed by atoms with van der Waals surface area (Å²) >= 11 is 7.15. The molecule has 0 spiro atoms. The van der Waals surface area contributed by atoms with Crippen LogP contribution in [0.25, 0.3) is 0 Å². The summed E-state index contributed by atoms with van der Waals surface area (Å²) in [6.07, 6.45) is 3.43. The molecule has 1 aliphatic heterocycles. The fourth-order valence-electron chi connectivity index (χ4n) is 3.58. The third-order valence-corrected chi connectivity index (χ3v) is 6.28. The summed E-state index contributed by atoms with van der Waals surface area (Å²) in [5.74, 6) is 0.315. The van der Waals surface area contributed by atoms with Crippen LogP contribution in [-0.4, -0.2) is 23.4 Å². The average molecular weight is 387 g/mol. The number of nitrogens with one attached hydrogen (secondary N) is 1. The van der Waals surface area contributed by atoms with Crippen molar-refractivity contribution in [2.45, 2.75) is 24.6 Å².